The molecule has 0 bridgehead atoms. The molecule has 0 aliphatic rings. The average molecular weight is 382 g/mol. The lowest BCUT2D eigenvalue weighted by Gasteiger charge is -2.18. The summed E-state index contributed by atoms with van der Waals surface area (Å²) in [6, 6.07) is 14.1. The van der Waals surface area contributed by atoms with E-state index in [1.807, 2.05) is 46.6 Å². The van der Waals surface area contributed by atoms with Crippen molar-refractivity contribution in [1.82, 2.24) is 15.2 Å². The van der Waals surface area contributed by atoms with Gasteiger partial charge in [0.1, 0.15) is 11.3 Å². The SMILES string of the molecule is CC(C)(C)OC(=O)N/N=C\c1cn(Cc2ccccc2)nc1-c1cccs1. The van der Waals surface area contributed by atoms with Crippen LogP contribution in [0.15, 0.2) is 59.1 Å². The first-order chi connectivity index (χ1) is 12.9. The molecule has 1 amide bonds. The van der Waals surface area contributed by atoms with E-state index in [4.69, 9.17) is 9.84 Å². The molecule has 2 aromatic heterocycles. The minimum atomic E-state index is -0.590. The maximum Gasteiger partial charge on any atom is 0.428 e. The zero-order chi connectivity index (χ0) is 19.3. The molecular weight excluding hydrogens is 360 g/mol. The molecule has 140 valence electrons. The Hall–Kier alpha value is -2.93. The van der Waals surface area contributed by atoms with Crippen molar-refractivity contribution in [3.05, 3.63) is 65.2 Å². The second-order valence-corrected chi connectivity index (χ2v) is 7.91. The van der Waals surface area contributed by atoms with Crippen molar-refractivity contribution in [2.24, 2.45) is 5.10 Å². The van der Waals surface area contributed by atoms with Gasteiger partial charge >= 0.3 is 6.09 Å². The van der Waals surface area contributed by atoms with Gasteiger partial charge in [-0.3, -0.25) is 4.68 Å². The number of nitrogens with zero attached hydrogens (tertiary/aromatic N) is 3. The smallest absolute Gasteiger partial charge is 0.428 e. The fourth-order valence-electron chi connectivity index (χ4n) is 2.44. The molecule has 6 nitrogen and oxygen atoms in total. The summed E-state index contributed by atoms with van der Waals surface area (Å²) in [5, 5.41) is 10.7. The number of nitrogens with one attached hydrogen (secondary N) is 1. The molecule has 0 aliphatic carbocycles. The molecule has 0 saturated heterocycles. The Bertz CT molecular complexity index is 909. The van der Waals surface area contributed by atoms with Crippen LogP contribution in [-0.4, -0.2) is 27.7 Å². The number of hydrogen-bond acceptors (Lipinski definition) is 5. The molecule has 7 heteroatoms. The van der Waals surface area contributed by atoms with Crippen LogP contribution in [0, 0.1) is 0 Å². The molecule has 0 saturated carbocycles. The van der Waals surface area contributed by atoms with Crippen LogP contribution in [-0.2, 0) is 11.3 Å². The molecule has 0 spiro atoms. The van der Waals surface area contributed by atoms with E-state index >= 15 is 0 Å². The molecule has 27 heavy (non-hydrogen) atoms. The van der Waals surface area contributed by atoms with Gasteiger partial charge in [0.05, 0.1) is 17.6 Å². The minimum absolute atomic E-state index is 0.567. The van der Waals surface area contributed by atoms with Gasteiger partial charge < -0.3 is 4.74 Å². The van der Waals surface area contributed by atoms with Gasteiger partial charge in [-0.1, -0.05) is 36.4 Å². The first kappa shape index (κ1) is 18.8. The standard InChI is InChI=1S/C20H22N4O2S/c1-20(2,3)26-19(25)22-21-12-16-14-24(13-15-8-5-4-6-9-15)23-18(16)17-10-7-11-27-17/h4-12,14H,13H2,1-3H3,(H,22,25)/b21-12-. The zero-order valence-electron chi connectivity index (χ0n) is 15.5. The monoisotopic (exact) mass is 382 g/mol. The summed E-state index contributed by atoms with van der Waals surface area (Å²) in [4.78, 5) is 12.8. The molecule has 0 fully saturated rings. The summed E-state index contributed by atoms with van der Waals surface area (Å²) in [6.07, 6.45) is 2.92. The highest BCUT2D eigenvalue weighted by atomic mass is 32.1. The lowest BCUT2D eigenvalue weighted by atomic mass is 10.2. The van der Waals surface area contributed by atoms with Gasteiger partial charge in [0.15, 0.2) is 0 Å². The number of hydrogen-bond donors (Lipinski definition) is 1. The summed E-state index contributed by atoms with van der Waals surface area (Å²) in [5.74, 6) is 0. The Kier molecular flexibility index (Phi) is 5.71. The van der Waals surface area contributed by atoms with Crippen molar-refractivity contribution < 1.29 is 9.53 Å². The molecule has 0 aliphatic heterocycles. The Morgan fingerprint density at radius 1 is 1.26 bits per heavy atom. The lowest BCUT2D eigenvalue weighted by molar-refractivity contribution is 0.0529. The molecular formula is C20H22N4O2S. The van der Waals surface area contributed by atoms with Crippen LogP contribution in [0.5, 0.6) is 0 Å². The van der Waals surface area contributed by atoms with Gasteiger partial charge in [0.25, 0.3) is 0 Å². The third kappa shape index (κ3) is 5.52. The van der Waals surface area contributed by atoms with Gasteiger partial charge in [-0.05, 0) is 37.8 Å². The first-order valence-corrected chi connectivity index (χ1v) is 9.46. The number of hydrazone groups is 1. The van der Waals surface area contributed by atoms with Crippen molar-refractivity contribution in [2.45, 2.75) is 32.9 Å². The van der Waals surface area contributed by atoms with E-state index in [-0.39, 0.29) is 0 Å². The van der Waals surface area contributed by atoms with Gasteiger partial charge in [-0.15, -0.1) is 11.3 Å². The zero-order valence-corrected chi connectivity index (χ0v) is 16.4. The van der Waals surface area contributed by atoms with E-state index < -0.39 is 11.7 Å². The Labute approximate surface area is 162 Å². The molecule has 0 radical (unpaired) electrons. The summed E-state index contributed by atoms with van der Waals surface area (Å²) in [5.41, 5.74) is 4.64. The molecule has 0 atom stereocenters. The van der Waals surface area contributed by atoms with E-state index in [2.05, 4.69) is 22.7 Å². The number of ether oxygens (including phenoxy) is 1. The van der Waals surface area contributed by atoms with Crippen LogP contribution in [0.2, 0.25) is 0 Å². The number of carbonyl (C=O) groups excluding carboxylic acids is 1. The van der Waals surface area contributed by atoms with Crippen LogP contribution in [0.1, 0.15) is 31.9 Å². The van der Waals surface area contributed by atoms with Crippen LogP contribution in [0.4, 0.5) is 4.79 Å². The summed E-state index contributed by atoms with van der Waals surface area (Å²) in [7, 11) is 0. The molecule has 1 N–H and O–H groups in total. The van der Waals surface area contributed by atoms with Crippen molar-refractivity contribution in [3.63, 3.8) is 0 Å². The van der Waals surface area contributed by atoms with E-state index in [1.54, 1.807) is 38.3 Å². The second-order valence-electron chi connectivity index (χ2n) is 6.97. The molecule has 3 rings (SSSR count). The highest BCUT2D eigenvalue weighted by Crippen LogP contribution is 2.26. The van der Waals surface area contributed by atoms with Gasteiger partial charge in [0.2, 0.25) is 0 Å². The van der Waals surface area contributed by atoms with E-state index in [1.165, 1.54) is 0 Å². The second kappa shape index (κ2) is 8.18. The number of aromatic nitrogens is 2. The maximum absolute atomic E-state index is 11.7. The van der Waals surface area contributed by atoms with E-state index in [0.29, 0.717) is 6.54 Å². The molecule has 0 unspecified atom stereocenters. The molecule has 3 aromatic rings. The number of carbonyl (C=O) groups is 1. The van der Waals surface area contributed by atoms with Crippen molar-refractivity contribution >= 4 is 23.6 Å². The highest BCUT2D eigenvalue weighted by Gasteiger charge is 2.16. The number of rotatable bonds is 5. The summed E-state index contributed by atoms with van der Waals surface area (Å²) < 4.78 is 7.05. The fraction of sp³-hybridized carbons (Fsp3) is 0.250. The van der Waals surface area contributed by atoms with Crippen molar-refractivity contribution in [3.8, 4) is 10.6 Å². The summed E-state index contributed by atoms with van der Waals surface area (Å²) >= 11 is 1.61. The molecule has 2 heterocycles. The average Bonchev–Trinajstić information content (AvgIpc) is 3.24. The van der Waals surface area contributed by atoms with Crippen molar-refractivity contribution in [2.75, 3.05) is 0 Å². The summed E-state index contributed by atoms with van der Waals surface area (Å²) in [6.45, 7) is 6.07. The number of amides is 1. The number of benzene rings is 1. The third-order valence-electron chi connectivity index (χ3n) is 3.49. The minimum Gasteiger partial charge on any atom is -0.443 e. The van der Waals surface area contributed by atoms with Gasteiger partial charge in [0, 0.05) is 11.8 Å². The van der Waals surface area contributed by atoms with E-state index in [0.717, 1.165) is 21.7 Å². The van der Waals surface area contributed by atoms with Crippen molar-refractivity contribution in [1.29, 1.82) is 0 Å². The third-order valence-corrected chi connectivity index (χ3v) is 4.37. The van der Waals surface area contributed by atoms with E-state index in [9.17, 15) is 4.79 Å². The fourth-order valence-corrected chi connectivity index (χ4v) is 3.17. The number of thiophene rings is 1. The predicted octanol–water partition coefficient (Wildman–Crippen LogP) is 4.52. The predicted molar refractivity (Wildman–Crippen MR) is 108 cm³/mol. The van der Waals surface area contributed by atoms with Crippen LogP contribution in [0.25, 0.3) is 10.6 Å². The van der Waals surface area contributed by atoms with Gasteiger partial charge in [-0.2, -0.15) is 10.2 Å². The Morgan fingerprint density at radius 3 is 2.70 bits per heavy atom. The quantitative estimate of drug-likeness (QED) is 0.521. The van der Waals surface area contributed by atoms with Crippen LogP contribution >= 0.6 is 11.3 Å². The Balaban J connectivity index is 1.78. The Morgan fingerprint density at radius 2 is 2.04 bits per heavy atom. The molecule has 1 aromatic carbocycles. The lowest BCUT2D eigenvalue weighted by Crippen LogP contribution is -2.29. The first-order valence-electron chi connectivity index (χ1n) is 8.58. The van der Waals surface area contributed by atoms with Gasteiger partial charge in [-0.25, -0.2) is 10.2 Å². The maximum atomic E-state index is 11.7. The highest BCUT2D eigenvalue weighted by molar-refractivity contribution is 7.13. The van der Waals surface area contributed by atoms with Crippen LogP contribution < -0.4 is 5.43 Å². The topological polar surface area (TPSA) is 68.5 Å². The van der Waals surface area contributed by atoms with Crippen LogP contribution in [0.3, 0.4) is 0 Å². The largest absolute Gasteiger partial charge is 0.443 e. The normalized spacial score (nSPS) is 11.7.